The van der Waals surface area contributed by atoms with Gasteiger partial charge in [-0.15, -0.1) is 0 Å². The van der Waals surface area contributed by atoms with Gasteiger partial charge in [0.25, 0.3) is 5.91 Å². The Morgan fingerprint density at radius 3 is 2.55 bits per heavy atom. The number of alkyl carbamates (subject to hydrolysis) is 1. The first-order chi connectivity index (χ1) is 29.5. The first kappa shape index (κ1) is 43.4. The van der Waals surface area contributed by atoms with Crippen LogP contribution in [0.5, 0.6) is 0 Å². The highest BCUT2D eigenvalue weighted by Gasteiger charge is 2.47. The normalized spacial score (nSPS) is 18.9. The second kappa shape index (κ2) is 17.4. The van der Waals surface area contributed by atoms with Crippen LogP contribution in [0.4, 0.5) is 14.9 Å². The van der Waals surface area contributed by atoms with E-state index in [0.29, 0.717) is 70.8 Å². The number of halogens is 1. The highest BCUT2D eigenvalue weighted by atomic mass is 19.1. The summed E-state index contributed by atoms with van der Waals surface area (Å²) in [6.45, 7) is 8.31. The van der Waals surface area contributed by atoms with E-state index >= 15 is 4.39 Å². The molecule has 0 fully saturated rings. The number of carbonyl (C=O) groups is 6. The number of amides is 5. The number of hydrogen-bond donors (Lipinski definition) is 7. The van der Waals surface area contributed by atoms with Crippen molar-refractivity contribution in [2.75, 3.05) is 31.6 Å². The van der Waals surface area contributed by atoms with E-state index in [9.17, 15) is 33.9 Å². The number of nitrogens with one attached hydrogen (secondary N) is 5. The lowest BCUT2D eigenvalue weighted by Gasteiger charge is -2.37. The molecule has 1 aromatic heterocycles. The fraction of sp³-hybridized carbons (Fsp3) is 0.386. The summed E-state index contributed by atoms with van der Waals surface area (Å²) in [7, 11) is 0. The summed E-state index contributed by atoms with van der Waals surface area (Å²) in [6, 6.07) is 6.51. The maximum absolute atomic E-state index is 15.3. The molecule has 4 aliphatic rings. The molecule has 1 aliphatic carbocycles. The van der Waals surface area contributed by atoms with E-state index in [2.05, 4.69) is 31.5 Å². The molecule has 0 unspecified atom stereocenters. The molecule has 3 aromatic rings. The fourth-order valence-electron chi connectivity index (χ4n) is 8.27. The molecule has 0 bridgehead atoms. The van der Waals surface area contributed by atoms with E-state index in [4.69, 9.17) is 20.2 Å². The number of anilines is 1. The number of benzene rings is 2. The number of esters is 1. The average molecular weight is 853 g/mol. The smallest absolute Gasteiger partial charge is 0.407 e. The van der Waals surface area contributed by atoms with Crippen molar-refractivity contribution in [1.29, 1.82) is 0 Å². The Labute approximate surface area is 356 Å². The Hall–Kier alpha value is -6.66. The number of nitrogens with two attached hydrogens (primary N) is 1. The minimum Gasteiger partial charge on any atom is -0.459 e. The molecule has 4 heterocycles. The zero-order valence-corrected chi connectivity index (χ0v) is 35.0. The Morgan fingerprint density at radius 2 is 1.85 bits per heavy atom. The van der Waals surface area contributed by atoms with Crippen molar-refractivity contribution in [1.82, 2.24) is 31.2 Å². The highest BCUT2D eigenvalue weighted by molar-refractivity contribution is 6.03. The number of pyridine rings is 1. The summed E-state index contributed by atoms with van der Waals surface area (Å²) in [4.78, 5) is 82.7. The molecule has 0 radical (unpaired) electrons. The fourth-order valence-corrected chi connectivity index (χ4v) is 8.27. The Kier molecular flexibility index (Phi) is 12.2. The van der Waals surface area contributed by atoms with Crippen LogP contribution in [0.2, 0.25) is 0 Å². The molecule has 0 spiro atoms. The third-order valence-electron chi connectivity index (χ3n) is 11.7. The van der Waals surface area contributed by atoms with E-state index in [1.165, 1.54) is 13.0 Å². The number of aliphatic hydroxyl groups is 1. The van der Waals surface area contributed by atoms with E-state index in [1.807, 2.05) is 0 Å². The number of cyclic esters (lactones) is 1. The van der Waals surface area contributed by atoms with E-state index in [1.54, 1.807) is 58.0 Å². The molecule has 3 atom stereocenters. The molecule has 18 heteroatoms. The van der Waals surface area contributed by atoms with Crippen LogP contribution in [0.15, 0.2) is 58.8 Å². The number of allylic oxidation sites excluding steroid dienone is 1. The van der Waals surface area contributed by atoms with Crippen LogP contribution >= 0.6 is 0 Å². The predicted molar refractivity (Wildman–Crippen MR) is 224 cm³/mol. The first-order valence-corrected chi connectivity index (χ1v) is 20.3. The second-order valence-corrected chi connectivity index (χ2v) is 16.0. The molecular weight excluding hydrogens is 804 g/mol. The Bertz CT molecular complexity index is 2510. The zero-order chi connectivity index (χ0) is 44.6. The predicted octanol–water partition coefficient (Wildman–Crippen LogP) is 2.69. The van der Waals surface area contributed by atoms with Gasteiger partial charge < -0.3 is 51.8 Å². The summed E-state index contributed by atoms with van der Waals surface area (Å²) in [5.41, 5.74) is 11.0. The zero-order valence-electron chi connectivity index (χ0n) is 35.0. The van der Waals surface area contributed by atoms with Gasteiger partial charge in [0, 0.05) is 41.4 Å². The van der Waals surface area contributed by atoms with Crippen LogP contribution in [0, 0.1) is 12.7 Å². The van der Waals surface area contributed by atoms with Crippen molar-refractivity contribution in [3.8, 4) is 0 Å². The van der Waals surface area contributed by atoms with Crippen molar-refractivity contribution >= 4 is 58.0 Å². The molecule has 7 rings (SSSR count). The van der Waals surface area contributed by atoms with Crippen LogP contribution in [-0.2, 0) is 53.0 Å². The van der Waals surface area contributed by atoms with Crippen LogP contribution in [0.25, 0.3) is 16.6 Å². The lowest BCUT2D eigenvalue weighted by Crippen LogP contribution is -2.47. The molecule has 8 N–H and O–H groups in total. The van der Waals surface area contributed by atoms with Crippen molar-refractivity contribution in [3.05, 3.63) is 98.2 Å². The topological polar surface area (TPSA) is 243 Å². The summed E-state index contributed by atoms with van der Waals surface area (Å²) in [5.74, 6) is -3.47. The number of hydrogen-bond acceptors (Lipinski definition) is 12. The van der Waals surface area contributed by atoms with Gasteiger partial charge in [-0.2, -0.15) is 0 Å². The summed E-state index contributed by atoms with van der Waals surface area (Å²) in [5, 5.41) is 25.2. The minimum atomic E-state index is -1.79. The molecular formula is C44H49FN8O9. The summed E-state index contributed by atoms with van der Waals surface area (Å²) in [6.07, 6.45) is 2.24. The third-order valence-corrected chi connectivity index (χ3v) is 11.7. The molecule has 0 saturated heterocycles. The number of rotatable bonds is 12. The molecule has 0 saturated carbocycles. The molecule has 5 amide bonds. The Morgan fingerprint density at radius 1 is 1.11 bits per heavy atom. The molecule has 326 valence electrons. The SMILES string of the molecule is CC[C@@]1(O)C(=O)OCC2=C1C=C1c3nc4cc(F)c(C)c5c4c(c3CN1C2)[C@@H](NC(=O)OCc1ccc(NC(=O)[C@H](C)NC(=O)C(NC(=O)CNC(=O)CN)=C(C)C)cc1)CC5. The molecule has 3 aliphatic heterocycles. The highest BCUT2D eigenvalue weighted by Crippen LogP contribution is 2.48. The van der Waals surface area contributed by atoms with Gasteiger partial charge in [-0.1, -0.05) is 19.1 Å². The van der Waals surface area contributed by atoms with E-state index < -0.39 is 53.4 Å². The van der Waals surface area contributed by atoms with Crippen molar-refractivity contribution in [2.45, 2.75) is 84.7 Å². The number of nitrogens with zero attached hydrogens (tertiary/aromatic N) is 2. The van der Waals surface area contributed by atoms with E-state index in [0.717, 1.165) is 27.6 Å². The van der Waals surface area contributed by atoms with Gasteiger partial charge in [-0.25, -0.2) is 19.0 Å². The van der Waals surface area contributed by atoms with Gasteiger partial charge >= 0.3 is 12.1 Å². The van der Waals surface area contributed by atoms with Gasteiger partial charge in [0.05, 0.1) is 36.0 Å². The van der Waals surface area contributed by atoms with Gasteiger partial charge in [-0.05, 0) is 98.6 Å². The number of fused-ring (bicyclic) bond motifs is 4. The van der Waals surface area contributed by atoms with Crippen LogP contribution < -0.4 is 32.3 Å². The van der Waals surface area contributed by atoms with Crippen LogP contribution in [0.1, 0.15) is 80.1 Å². The van der Waals surface area contributed by atoms with Crippen LogP contribution in [-0.4, -0.2) is 88.6 Å². The maximum Gasteiger partial charge on any atom is 0.407 e. The first-order valence-electron chi connectivity index (χ1n) is 20.3. The lowest BCUT2D eigenvalue weighted by molar-refractivity contribution is -0.163. The minimum absolute atomic E-state index is 0.0622. The average Bonchev–Trinajstić information content (AvgIpc) is 3.61. The summed E-state index contributed by atoms with van der Waals surface area (Å²) < 4.78 is 26.3. The summed E-state index contributed by atoms with van der Waals surface area (Å²) >= 11 is 0. The van der Waals surface area contributed by atoms with Crippen molar-refractivity contribution in [3.63, 3.8) is 0 Å². The molecule has 62 heavy (non-hydrogen) atoms. The molecule has 17 nitrogen and oxygen atoms in total. The number of aromatic nitrogens is 1. The van der Waals surface area contributed by atoms with Gasteiger partial charge in [0.2, 0.25) is 17.7 Å². The Balaban J connectivity index is 1.00. The lowest BCUT2D eigenvalue weighted by atomic mass is 9.81. The van der Waals surface area contributed by atoms with Gasteiger partial charge in [0.1, 0.15) is 30.8 Å². The van der Waals surface area contributed by atoms with E-state index in [-0.39, 0.29) is 44.2 Å². The number of carbonyl (C=O) groups excluding carboxylic acids is 6. The second-order valence-electron chi connectivity index (χ2n) is 16.0. The van der Waals surface area contributed by atoms with Crippen molar-refractivity contribution in [2.24, 2.45) is 5.73 Å². The third kappa shape index (κ3) is 8.34. The standard InChI is InChI=1S/C44H49FN8O9/c1-6-44(60)29-13-33-39-28(18-53(33)17-25(29)20-61-42(44)58)37-31(12-11-27-22(4)30(45)14-32(50-39)36(27)37)51-43(59)62-19-24-7-9-26(10-8-24)49-40(56)23(5)48-41(57)38(21(2)3)52-35(55)16-47-34(54)15-46/h7-10,13-14,23,31,60H,6,11-12,15-20,46H2,1-5H3,(H,47,54)(H,48,57)(H,49,56)(H,51,59)(H,52,55)/t23-,31-,44-/m0/s1. The van der Waals surface area contributed by atoms with Gasteiger partial charge in [0.15, 0.2) is 5.60 Å². The quantitative estimate of drug-likeness (QED) is 0.103. The van der Waals surface area contributed by atoms with Gasteiger partial charge in [-0.3, -0.25) is 19.2 Å². The monoisotopic (exact) mass is 852 g/mol. The van der Waals surface area contributed by atoms with Crippen molar-refractivity contribution < 1.29 is 47.7 Å². The molecule has 2 aromatic carbocycles. The number of ether oxygens (including phenoxy) is 2. The number of aryl methyl sites for hydroxylation is 1. The van der Waals surface area contributed by atoms with Crippen LogP contribution in [0.3, 0.4) is 0 Å². The maximum atomic E-state index is 15.3. The largest absolute Gasteiger partial charge is 0.459 e.